The van der Waals surface area contributed by atoms with Crippen molar-refractivity contribution in [2.75, 3.05) is 5.32 Å². The van der Waals surface area contributed by atoms with Crippen molar-refractivity contribution in [3.05, 3.63) is 95.3 Å². The van der Waals surface area contributed by atoms with E-state index in [1.165, 1.54) is 12.1 Å². The van der Waals surface area contributed by atoms with Crippen molar-refractivity contribution in [1.82, 2.24) is 15.6 Å². The van der Waals surface area contributed by atoms with Crippen LogP contribution >= 0.6 is 0 Å². The van der Waals surface area contributed by atoms with Crippen LogP contribution in [0.15, 0.2) is 73.1 Å². The number of nitrogens with zero attached hydrogens (tertiary/aromatic N) is 1. The van der Waals surface area contributed by atoms with Gasteiger partial charge in [0.25, 0.3) is 5.91 Å². The summed E-state index contributed by atoms with van der Waals surface area (Å²) in [6.45, 7) is 0.438. The molecule has 160 valence electrons. The minimum Gasteiger partial charge on any atom is -0.348 e. The number of alkyl halides is 3. The Morgan fingerprint density at radius 2 is 1.35 bits per heavy atom. The summed E-state index contributed by atoms with van der Waals surface area (Å²) in [6.07, 6.45) is -1.13. The van der Waals surface area contributed by atoms with Gasteiger partial charge in [-0.3, -0.25) is 9.78 Å². The summed E-state index contributed by atoms with van der Waals surface area (Å²) in [7, 11) is 0. The second-order valence-corrected chi connectivity index (χ2v) is 6.62. The molecule has 0 bridgehead atoms. The summed E-state index contributed by atoms with van der Waals surface area (Å²) in [5, 5.41) is 8.02. The van der Waals surface area contributed by atoms with Crippen molar-refractivity contribution in [3.63, 3.8) is 0 Å². The molecule has 0 aliphatic carbocycles. The van der Waals surface area contributed by atoms with E-state index in [4.69, 9.17) is 0 Å². The fourth-order valence-corrected chi connectivity index (χ4v) is 2.66. The van der Waals surface area contributed by atoms with Gasteiger partial charge >= 0.3 is 12.2 Å². The third kappa shape index (κ3) is 6.56. The zero-order chi connectivity index (χ0) is 22.3. The van der Waals surface area contributed by atoms with Gasteiger partial charge in [0, 0.05) is 36.7 Å². The van der Waals surface area contributed by atoms with E-state index in [9.17, 15) is 22.8 Å². The van der Waals surface area contributed by atoms with E-state index in [0.717, 1.165) is 17.7 Å². The minimum atomic E-state index is -4.40. The number of urea groups is 1. The quantitative estimate of drug-likeness (QED) is 0.546. The number of pyridine rings is 1. The zero-order valence-corrected chi connectivity index (χ0v) is 16.2. The van der Waals surface area contributed by atoms with Gasteiger partial charge in [-0.1, -0.05) is 12.1 Å². The molecule has 6 nitrogen and oxygen atoms in total. The van der Waals surface area contributed by atoms with Crippen LogP contribution in [0.4, 0.5) is 23.7 Å². The monoisotopic (exact) mass is 428 g/mol. The van der Waals surface area contributed by atoms with Crippen LogP contribution in [0.25, 0.3) is 0 Å². The lowest BCUT2D eigenvalue weighted by Crippen LogP contribution is -2.28. The maximum atomic E-state index is 12.6. The lowest BCUT2D eigenvalue weighted by atomic mass is 10.1. The third-order valence-electron chi connectivity index (χ3n) is 4.34. The van der Waals surface area contributed by atoms with Gasteiger partial charge in [0.2, 0.25) is 0 Å². The Labute approximate surface area is 176 Å². The number of anilines is 1. The topological polar surface area (TPSA) is 83.1 Å². The molecule has 2 aromatic carbocycles. The molecule has 3 rings (SSSR count). The van der Waals surface area contributed by atoms with Gasteiger partial charge < -0.3 is 16.0 Å². The Bertz CT molecular complexity index is 1020. The molecule has 3 aromatic rings. The molecule has 0 saturated heterocycles. The molecule has 3 N–H and O–H groups in total. The lowest BCUT2D eigenvalue weighted by Gasteiger charge is -2.10. The summed E-state index contributed by atoms with van der Waals surface area (Å²) < 4.78 is 37.8. The molecule has 9 heteroatoms. The number of carbonyl (C=O) groups is 2. The van der Waals surface area contributed by atoms with Crippen LogP contribution in [0.5, 0.6) is 0 Å². The molecule has 0 fully saturated rings. The largest absolute Gasteiger partial charge is 0.416 e. The molecule has 0 atom stereocenters. The standard InChI is InChI=1S/C22H19F3N4O2/c23-22(24,25)18-5-1-15(2-6-18)13-27-20(30)17-3-7-19(8-4-17)29-21(31)28-14-16-9-11-26-12-10-16/h1-12H,13-14H2,(H,27,30)(H2,28,29,31). The number of amides is 3. The van der Waals surface area contributed by atoms with Crippen LogP contribution in [0.1, 0.15) is 27.0 Å². The molecule has 0 aliphatic rings. The number of aromatic nitrogens is 1. The molecule has 1 aromatic heterocycles. The predicted molar refractivity (Wildman–Crippen MR) is 109 cm³/mol. The fourth-order valence-electron chi connectivity index (χ4n) is 2.66. The van der Waals surface area contributed by atoms with E-state index in [2.05, 4.69) is 20.9 Å². The van der Waals surface area contributed by atoms with Gasteiger partial charge in [0.15, 0.2) is 0 Å². The first-order valence-electron chi connectivity index (χ1n) is 9.29. The Morgan fingerprint density at radius 1 is 0.774 bits per heavy atom. The second kappa shape index (κ2) is 9.75. The second-order valence-electron chi connectivity index (χ2n) is 6.62. The fraction of sp³-hybridized carbons (Fsp3) is 0.136. The summed E-state index contributed by atoms with van der Waals surface area (Å²) >= 11 is 0. The highest BCUT2D eigenvalue weighted by Gasteiger charge is 2.29. The number of hydrogen-bond acceptors (Lipinski definition) is 3. The maximum Gasteiger partial charge on any atom is 0.416 e. The summed E-state index contributed by atoms with van der Waals surface area (Å²) in [6, 6.07) is 14.0. The number of rotatable bonds is 6. The Morgan fingerprint density at radius 3 is 1.97 bits per heavy atom. The van der Waals surface area contributed by atoms with Crippen LogP contribution < -0.4 is 16.0 Å². The SMILES string of the molecule is O=C(NCc1ccncc1)Nc1ccc(C(=O)NCc2ccc(C(F)(F)F)cc2)cc1. The van der Waals surface area contributed by atoms with Crippen LogP contribution in [0.3, 0.4) is 0 Å². The van der Waals surface area contributed by atoms with E-state index in [0.29, 0.717) is 23.4 Å². The molecular formula is C22H19F3N4O2. The van der Waals surface area contributed by atoms with Crippen LogP contribution in [0, 0.1) is 0 Å². The van der Waals surface area contributed by atoms with Crippen molar-refractivity contribution in [1.29, 1.82) is 0 Å². The molecule has 0 spiro atoms. The third-order valence-corrected chi connectivity index (χ3v) is 4.34. The molecule has 0 radical (unpaired) electrons. The highest BCUT2D eigenvalue weighted by molar-refractivity contribution is 5.95. The van der Waals surface area contributed by atoms with Crippen molar-refractivity contribution in [3.8, 4) is 0 Å². The number of hydrogen-bond donors (Lipinski definition) is 3. The zero-order valence-electron chi connectivity index (χ0n) is 16.2. The van der Waals surface area contributed by atoms with Crippen LogP contribution in [0.2, 0.25) is 0 Å². The predicted octanol–water partition coefficient (Wildman–Crippen LogP) is 4.35. The van der Waals surface area contributed by atoms with E-state index >= 15 is 0 Å². The first-order chi connectivity index (χ1) is 14.8. The molecular weight excluding hydrogens is 409 g/mol. The normalized spacial score (nSPS) is 10.9. The molecule has 0 aliphatic heterocycles. The average Bonchev–Trinajstić information content (AvgIpc) is 2.77. The first-order valence-corrected chi connectivity index (χ1v) is 9.29. The summed E-state index contributed by atoms with van der Waals surface area (Å²) in [5.74, 6) is -0.381. The van der Waals surface area contributed by atoms with Gasteiger partial charge in [-0.25, -0.2) is 4.79 Å². The first kappa shape index (κ1) is 21.8. The smallest absolute Gasteiger partial charge is 0.348 e. The van der Waals surface area contributed by atoms with E-state index in [1.54, 1.807) is 48.8 Å². The average molecular weight is 428 g/mol. The Hall–Kier alpha value is -3.88. The number of benzene rings is 2. The number of carbonyl (C=O) groups excluding carboxylic acids is 2. The van der Waals surface area contributed by atoms with Gasteiger partial charge in [0.1, 0.15) is 0 Å². The van der Waals surface area contributed by atoms with E-state index < -0.39 is 17.8 Å². The summed E-state index contributed by atoms with van der Waals surface area (Å²) in [5.41, 5.74) is 1.58. The Balaban J connectivity index is 1.47. The number of nitrogens with one attached hydrogen (secondary N) is 3. The molecule has 0 unspecified atom stereocenters. The highest BCUT2D eigenvalue weighted by atomic mass is 19.4. The minimum absolute atomic E-state index is 0.0917. The van der Waals surface area contributed by atoms with Crippen molar-refractivity contribution in [2.45, 2.75) is 19.3 Å². The van der Waals surface area contributed by atoms with Gasteiger partial charge in [-0.2, -0.15) is 13.2 Å². The van der Waals surface area contributed by atoms with Gasteiger partial charge in [-0.15, -0.1) is 0 Å². The highest BCUT2D eigenvalue weighted by Crippen LogP contribution is 2.29. The van der Waals surface area contributed by atoms with Crippen LogP contribution in [-0.4, -0.2) is 16.9 Å². The van der Waals surface area contributed by atoms with Crippen molar-refractivity contribution in [2.24, 2.45) is 0 Å². The summed E-state index contributed by atoms with van der Waals surface area (Å²) in [4.78, 5) is 28.1. The van der Waals surface area contributed by atoms with Gasteiger partial charge in [0.05, 0.1) is 5.56 Å². The van der Waals surface area contributed by atoms with Crippen molar-refractivity contribution < 1.29 is 22.8 Å². The lowest BCUT2D eigenvalue weighted by molar-refractivity contribution is -0.137. The number of halogens is 3. The molecule has 3 amide bonds. The van der Waals surface area contributed by atoms with E-state index in [-0.39, 0.29) is 12.5 Å². The molecule has 0 saturated carbocycles. The van der Waals surface area contributed by atoms with Crippen LogP contribution in [-0.2, 0) is 19.3 Å². The van der Waals surface area contributed by atoms with Gasteiger partial charge in [-0.05, 0) is 59.7 Å². The van der Waals surface area contributed by atoms with Crippen molar-refractivity contribution >= 4 is 17.6 Å². The Kier molecular flexibility index (Phi) is 6.86. The van der Waals surface area contributed by atoms with E-state index in [1.807, 2.05) is 0 Å². The molecule has 31 heavy (non-hydrogen) atoms. The molecule has 1 heterocycles. The maximum absolute atomic E-state index is 12.6.